The van der Waals surface area contributed by atoms with E-state index in [0.717, 1.165) is 56.0 Å². The Morgan fingerprint density at radius 2 is 2.10 bits per heavy atom. The van der Waals surface area contributed by atoms with Gasteiger partial charge in [0.1, 0.15) is 12.1 Å². The monoisotopic (exact) mass is 281 g/mol. The summed E-state index contributed by atoms with van der Waals surface area (Å²) in [5, 5.41) is 3.44. The fourth-order valence-electron chi connectivity index (χ4n) is 3.19. The summed E-state index contributed by atoms with van der Waals surface area (Å²) in [6, 6.07) is 6.46. The number of fused-ring (bicyclic) bond motifs is 2. The van der Waals surface area contributed by atoms with Crippen LogP contribution in [-0.2, 0) is 19.4 Å². The second-order valence-corrected chi connectivity index (χ2v) is 5.70. The van der Waals surface area contributed by atoms with E-state index in [9.17, 15) is 0 Å². The predicted octanol–water partition coefficient (Wildman–Crippen LogP) is 2.50. The number of rotatable bonds is 1. The van der Waals surface area contributed by atoms with Crippen LogP contribution in [0.5, 0.6) is 5.75 Å². The highest BCUT2D eigenvalue weighted by molar-refractivity contribution is 5.67. The zero-order chi connectivity index (χ0) is 14.1. The van der Waals surface area contributed by atoms with Gasteiger partial charge in [0.2, 0.25) is 0 Å². The molecule has 0 bridgehead atoms. The minimum atomic E-state index is 0.769. The van der Waals surface area contributed by atoms with Crippen molar-refractivity contribution < 1.29 is 4.74 Å². The van der Waals surface area contributed by atoms with Crippen molar-refractivity contribution in [3.63, 3.8) is 0 Å². The molecule has 0 fully saturated rings. The van der Waals surface area contributed by atoms with Gasteiger partial charge < -0.3 is 10.1 Å². The standard InChI is InChI=1S/C17H19N3O/c1-3-14-15(4-1)19-11-20-17(14)12-5-6-13-10-18-7-2-8-21-16(13)9-12/h5-6,9,11,18H,1-4,7-8,10H2. The molecule has 0 unspecified atom stereocenters. The average molecular weight is 281 g/mol. The van der Waals surface area contributed by atoms with Crippen LogP contribution in [-0.4, -0.2) is 23.1 Å². The topological polar surface area (TPSA) is 47.0 Å². The van der Waals surface area contributed by atoms with Crippen molar-refractivity contribution in [3.05, 3.63) is 41.3 Å². The summed E-state index contributed by atoms with van der Waals surface area (Å²) < 4.78 is 5.93. The molecule has 0 atom stereocenters. The lowest BCUT2D eigenvalue weighted by Gasteiger charge is -2.17. The molecule has 1 aliphatic heterocycles. The number of aryl methyl sites for hydroxylation is 1. The molecule has 1 N–H and O–H groups in total. The van der Waals surface area contributed by atoms with Gasteiger partial charge in [0.15, 0.2) is 0 Å². The number of benzene rings is 1. The zero-order valence-electron chi connectivity index (χ0n) is 12.1. The number of nitrogens with one attached hydrogen (secondary N) is 1. The quantitative estimate of drug-likeness (QED) is 0.872. The summed E-state index contributed by atoms with van der Waals surface area (Å²) >= 11 is 0. The first-order valence-corrected chi connectivity index (χ1v) is 7.71. The summed E-state index contributed by atoms with van der Waals surface area (Å²) in [5.74, 6) is 0.991. The van der Waals surface area contributed by atoms with Crippen molar-refractivity contribution in [1.82, 2.24) is 15.3 Å². The molecule has 0 saturated carbocycles. The van der Waals surface area contributed by atoms with Crippen LogP contribution in [0, 0.1) is 0 Å². The molecule has 2 aliphatic rings. The van der Waals surface area contributed by atoms with E-state index in [2.05, 4.69) is 33.5 Å². The van der Waals surface area contributed by atoms with Crippen LogP contribution < -0.4 is 10.1 Å². The summed E-state index contributed by atoms with van der Waals surface area (Å²) in [4.78, 5) is 8.94. The largest absolute Gasteiger partial charge is 0.493 e. The van der Waals surface area contributed by atoms with Gasteiger partial charge in [-0.2, -0.15) is 0 Å². The number of hydrogen-bond acceptors (Lipinski definition) is 4. The first-order valence-electron chi connectivity index (χ1n) is 7.71. The molecule has 4 nitrogen and oxygen atoms in total. The van der Waals surface area contributed by atoms with Crippen molar-refractivity contribution in [3.8, 4) is 17.0 Å². The second kappa shape index (κ2) is 5.45. The van der Waals surface area contributed by atoms with E-state index >= 15 is 0 Å². The highest BCUT2D eigenvalue weighted by atomic mass is 16.5. The Balaban J connectivity index is 1.76. The molecule has 1 aromatic heterocycles. The SMILES string of the molecule is c1nc2c(c(-c3ccc4c(c3)OCCCNC4)n1)CCC2. The molecule has 21 heavy (non-hydrogen) atoms. The van der Waals surface area contributed by atoms with Crippen LogP contribution in [0.15, 0.2) is 24.5 Å². The first kappa shape index (κ1) is 12.8. The fraction of sp³-hybridized carbons (Fsp3) is 0.412. The minimum absolute atomic E-state index is 0.769. The smallest absolute Gasteiger partial charge is 0.124 e. The maximum atomic E-state index is 5.93. The zero-order valence-corrected chi connectivity index (χ0v) is 12.1. The number of aromatic nitrogens is 2. The lowest BCUT2D eigenvalue weighted by atomic mass is 10.0. The van der Waals surface area contributed by atoms with Crippen LogP contribution in [0.1, 0.15) is 29.7 Å². The van der Waals surface area contributed by atoms with Crippen LogP contribution in [0.3, 0.4) is 0 Å². The van der Waals surface area contributed by atoms with Gasteiger partial charge in [0.25, 0.3) is 0 Å². The maximum Gasteiger partial charge on any atom is 0.124 e. The van der Waals surface area contributed by atoms with Crippen molar-refractivity contribution in [2.45, 2.75) is 32.2 Å². The van der Waals surface area contributed by atoms with Crippen LogP contribution >= 0.6 is 0 Å². The maximum absolute atomic E-state index is 5.93. The normalized spacial score (nSPS) is 17.3. The Kier molecular flexibility index (Phi) is 3.31. The highest BCUT2D eigenvalue weighted by Crippen LogP contribution is 2.32. The molecule has 0 spiro atoms. The lowest BCUT2D eigenvalue weighted by Crippen LogP contribution is -2.20. The number of hydrogen-bond donors (Lipinski definition) is 1. The molecule has 2 aromatic rings. The predicted molar refractivity (Wildman–Crippen MR) is 81.3 cm³/mol. The van der Waals surface area contributed by atoms with Crippen LogP contribution in [0.25, 0.3) is 11.3 Å². The molecule has 2 heterocycles. The molecule has 0 amide bonds. The van der Waals surface area contributed by atoms with Gasteiger partial charge in [-0.3, -0.25) is 0 Å². The third-order valence-electron chi connectivity index (χ3n) is 4.29. The third-order valence-corrected chi connectivity index (χ3v) is 4.29. The second-order valence-electron chi connectivity index (χ2n) is 5.70. The molecule has 108 valence electrons. The van der Waals surface area contributed by atoms with E-state index in [-0.39, 0.29) is 0 Å². The third kappa shape index (κ3) is 2.40. The van der Waals surface area contributed by atoms with E-state index in [1.165, 1.54) is 23.2 Å². The van der Waals surface area contributed by atoms with Crippen molar-refractivity contribution in [2.75, 3.05) is 13.2 Å². The van der Waals surface area contributed by atoms with Crippen LogP contribution in [0.2, 0.25) is 0 Å². The van der Waals surface area contributed by atoms with E-state index in [1.54, 1.807) is 6.33 Å². The molecule has 0 radical (unpaired) electrons. The van der Waals surface area contributed by atoms with Crippen molar-refractivity contribution in [1.29, 1.82) is 0 Å². The van der Waals surface area contributed by atoms with Gasteiger partial charge in [0.05, 0.1) is 12.3 Å². The summed E-state index contributed by atoms with van der Waals surface area (Å²) in [5.41, 5.74) is 5.99. The van der Waals surface area contributed by atoms with Gasteiger partial charge in [-0.25, -0.2) is 9.97 Å². The van der Waals surface area contributed by atoms with Gasteiger partial charge in [-0.15, -0.1) is 0 Å². The lowest BCUT2D eigenvalue weighted by molar-refractivity contribution is 0.295. The minimum Gasteiger partial charge on any atom is -0.493 e. The highest BCUT2D eigenvalue weighted by Gasteiger charge is 2.19. The molecule has 1 aliphatic carbocycles. The molecule has 0 saturated heterocycles. The van der Waals surface area contributed by atoms with Crippen molar-refractivity contribution >= 4 is 0 Å². The van der Waals surface area contributed by atoms with Crippen molar-refractivity contribution in [2.24, 2.45) is 0 Å². The summed E-state index contributed by atoms with van der Waals surface area (Å²) in [7, 11) is 0. The van der Waals surface area contributed by atoms with Gasteiger partial charge in [-0.1, -0.05) is 12.1 Å². The summed E-state index contributed by atoms with van der Waals surface area (Å²) in [6.45, 7) is 2.66. The summed E-state index contributed by atoms with van der Waals surface area (Å²) in [6.07, 6.45) is 6.10. The molecular formula is C17H19N3O. The first-order chi connectivity index (χ1) is 10.4. The fourth-order valence-corrected chi connectivity index (χ4v) is 3.19. The Hall–Kier alpha value is -1.94. The molecule has 4 rings (SSSR count). The van der Waals surface area contributed by atoms with E-state index in [0.29, 0.717) is 0 Å². The average Bonchev–Trinajstić information content (AvgIpc) is 2.96. The van der Waals surface area contributed by atoms with Gasteiger partial charge >= 0.3 is 0 Å². The molecule has 4 heteroatoms. The molecular weight excluding hydrogens is 262 g/mol. The van der Waals surface area contributed by atoms with E-state index in [4.69, 9.17) is 4.74 Å². The van der Waals surface area contributed by atoms with Gasteiger partial charge in [-0.05, 0) is 43.9 Å². The Morgan fingerprint density at radius 1 is 1.10 bits per heavy atom. The van der Waals surface area contributed by atoms with E-state index < -0.39 is 0 Å². The Bertz CT molecular complexity index is 669. The number of nitrogens with zero attached hydrogens (tertiary/aromatic N) is 2. The molecule has 1 aromatic carbocycles. The number of ether oxygens (including phenoxy) is 1. The Labute approximate surface area is 124 Å². The Morgan fingerprint density at radius 3 is 3.10 bits per heavy atom. The van der Waals surface area contributed by atoms with Crippen LogP contribution in [0.4, 0.5) is 0 Å². The van der Waals surface area contributed by atoms with E-state index in [1.807, 2.05) is 0 Å². The van der Waals surface area contributed by atoms with Gasteiger partial charge in [0, 0.05) is 23.4 Å².